The lowest BCUT2D eigenvalue weighted by atomic mass is 9.96. The molecule has 0 spiro atoms. The number of rotatable bonds is 28. The molecule has 1 aliphatic heterocycles. The highest BCUT2D eigenvalue weighted by Crippen LogP contribution is 2.46. The predicted octanol–water partition coefficient (Wildman–Crippen LogP) is 30.3. The average Bonchev–Trinajstić information content (AvgIpc) is 0.754. The predicted molar refractivity (Wildman–Crippen MR) is 412 cm³/mol. The van der Waals surface area contributed by atoms with Gasteiger partial charge in [-0.3, -0.25) is 0 Å². The summed E-state index contributed by atoms with van der Waals surface area (Å²) in [5.41, 5.74) is -6.60. The van der Waals surface area contributed by atoms with E-state index in [0.29, 0.717) is 78.3 Å². The maximum atomic E-state index is 15.1. The van der Waals surface area contributed by atoms with Crippen LogP contribution in [0.1, 0.15) is 92.5 Å². The molecule has 0 saturated carbocycles. The number of alkyl halides is 15. The van der Waals surface area contributed by atoms with E-state index in [1.165, 1.54) is 30.3 Å². The molecule has 1 aliphatic rings. The zero-order valence-electron chi connectivity index (χ0n) is 67.4. The van der Waals surface area contributed by atoms with Gasteiger partial charge in [0.1, 0.15) is 97.9 Å². The number of allylic oxidation sites excluding steroid dienone is 3. The SMILES string of the molecule is CCCC1COC(c2ccc(-c3cc(F)c(C(F)(F)Oc4cc(F)c(O/C=C/C(F)(F)F)c(F)c4)c(F)c3)c(F)c2)OC1.CCCCc1ccc(-c2cc(F)c(-c3cc(F)c(C(F)(F)Oc4cc(F)c(O/C=C/C(F)(F)F)c(F)c4)c(F)c3)c(F)c2)c(F)c1.CCCc1ccc(-c2ccc(-c3cc(F)c(C(F)(F)Oc4cc(F)c(O/C=C/C(F)(F)F)c(F)c4)c(F)c3)c(F)c2)cc1. The maximum Gasteiger partial charge on any atom is 0.432 e. The fourth-order valence-electron chi connectivity index (χ4n) is 12.9. The van der Waals surface area contributed by atoms with E-state index < -0.39 is 234 Å². The Hall–Kier alpha value is -12.9. The summed E-state index contributed by atoms with van der Waals surface area (Å²) >= 11 is 0. The van der Waals surface area contributed by atoms with Gasteiger partial charge in [-0.25, -0.2) is 74.6 Å². The van der Waals surface area contributed by atoms with Crippen LogP contribution < -0.4 is 28.4 Å². The van der Waals surface area contributed by atoms with Crippen molar-refractivity contribution in [3.05, 3.63) is 333 Å². The summed E-state index contributed by atoms with van der Waals surface area (Å²) < 4.78 is 483. The van der Waals surface area contributed by atoms with Crippen LogP contribution in [0, 0.1) is 105 Å². The Morgan fingerprint density at radius 2 is 0.606 bits per heavy atom. The van der Waals surface area contributed by atoms with Crippen molar-refractivity contribution in [3.63, 3.8) is 0 Å². The number of hydrogen-bond acceptors (Lipinski definition) is 8. The minimum absolute atomic E-state index is 0.0474. The molecule has 1 saturated heterocycles. The quantitative estimate of drug-likeness (QED) is 0.0355. The number of aryl methyl sites for hydroxylation is 2. The molecule has 0 amide bonds. The Balaban J connectivity index is 0.000000206. The fraction of sp³-hybridized carbons (Fsp3) is 0.217. The summed E-state index contributed by atoms with van der Waals surface area (Å²) in [7, 11) is 0. The minimum Gasteiger partial charge on any atom is -0.459 e. The number of halogens is 32. The van der Waals surface area contributed by atoms with Crippen molar-refractivity contribution in [1.82, 2.24) is 0 Å². The molecule has 11 aromatic carbocycles. The summed E-state index contributed by atoms with van der Waals surface area (Å²) in [5, 5.41) is 0. The summed E-state index contributed by atoms with van der Waals surface area (Å²) in [5.74, 6) is -35.5. The van der Waals surface area contributed by atoms with Crippen molar-refractivity contribution in [2.24, 2.45) is 5.92 Å². The molecular weight excluding hydrogens is 1840 g/mol. The van der Waals surface area contributed by atoms with E-state index in [1.54, 1.807) is 18.2 Å². The zero-order valence-corrected chi connectivity index (χ0v) is 67.4. The molecule has 40 heteroatoms. The normalized spacial score (nSPS) is 14.0. The van der Waals surface area contributed by atoms with Gasteiger partial charge in [0.15, 0.2) is 58.4 Å². The van der Waals surface area contributed by atoms with E-state index in [0.717, 1.165) is 62.3 Å². The first kappa shape index (κ1) is 101. The fourth-order valence-corrected chi connectivity index (χ4v) is 12.9. The topological polar surface area (TPSA) is 73.8 Å². The molecule has 12 rings (SSSR count). The third-order valence-electron chi connectivity index (χ3n) is 18.8. The van der Waals surface area contributed by atoms with Crippen LogP contribution in [0.15, 0.2) is 201 Å². The van der Waals surface area contributed by atoms with Crippen LogP contribution >= 0.6 is 0 Å². The number of hydrogen-bond donors (Lipinski definition) is 0. The molecule has 0 aliphatic carbocycles. The van der Waals surface area contributed by atoms with Gasteiger partial charge in [0.25, 0.3) is 0 Å². The molecule has 0 radical (unpaired) electrons. The van der Waals surface area contributed by atoms with E-state index in [4.69, 9.17) is 9.47 Å². The average molecular weight is 1900 g/mol. The van der Waals surface area contributed by atoms with Crippen LogP contribution in [-0.2, 0) is 40.6 Å². The zero-order chi connectivity index (χ0) is 97.0. The van der Waals surface area contributed by atoms with Crippen molar-refractivity contribution in [2.75, 3.05) is 13.2 Å². The summed E-state index contributed by atoms with van der Waals surface area (Å²) in [6.07, 6.45) is -26.1. The highest BCUT2D eigenvalue weighted by Gasteiger charge is 2.46. The maximum absolute atomic E-state index is 15.1. The molecule has 1 heterocycles. The summed E-state index contributed by atoms with van der Waals surface area (Å²) in [4.78, 5) is 0. The number of ether oxygens (including phenoxy) is 8. The second kappa shape index (κ2) is 42.1. The molecule has 0 atom stereocenters. The van der Waals surface area contributed by atoms with Gasteiger partial charge in [-0.05, 0) is 137 Å². The first-order valence-electron chi connectivity index (χ1n) is 38.5. The van der Waals surface area contributed by atoms with Crippen molar-refractivity contribution in [1.29, 1.82) is 0 Å². The third kappa shape index (κ3) is 26.1. The van der Waals surface area contributed by atoms with E-state index in [9.17, 15) is 132 Å². The van der Waals surface area contributed by atoms with Crippen molar-refractivity contribution in [3.8, 4) is 90.1 Å². The molecule has 1 fully saturated rings. The Morgan fingerprint density at radius 1 is 0.295 bits per heavy atom. The van der Waals surface area contributed by atoms with Crippen LogP contribution in [0.25, 0.3) is 55.6 Å². The highest BCUT2D eigenvalue weighted by atomic mass is 19.4. The lowest BCUT2D eigenvalue weighted by Crippen LogP contribution is -2.27. The third-order valence-corrected chi connectivity index (χ3v) is 18.8. The Bertz CT molecular complexity index is 5900. The Kier molecular flexibility index (Phi) is 32.3. The van der Waals surface area contributed by atoms with Gasteiger partial charge in [0, 0.05) is 64.6 Å². The smallest absolute Gasteiger partial charge is 0.432 e. The van der Waals surface area contributed by atoms with Crippen molar-refractivity contribution in [2.45, 2.75) is 109 Å². The van der Waals surface area contributed by atoms with Crippen molar-refractivity contribution >= 4 is 0 Å². The van der Waals surface area contributed by atoms with E-state index in [2.05, 4.69) is 28.4 Å². The number of unbranched alkanes of at least 4 members (excludes halogenated alkanes) is 1. The molecule has 132 heavy (non-hydrogen) atoms. The van der Waals surface area contributed by atoms with Crippen LogP contribution in [-0.4, -0.2) is 31.7 Å². The largest absolute Gasteiger partial charge is 0.459 e. The highest BCUT2D eigenvalue weighted by molar-refractivity contribution is 5.74. The first-order chi connectivity index (χ1) is 61.9. The lowest BCUT2D eigenvalue weighted by Gasteiger charge is -2.29. The second-order valence-corrected chi connectivity index (χ2v) is 28.6. The summed E-state index contributed by atoms with van der Waals surface area (Å²) in [6.45, 7) is 6.77. The van der Waals surface area contributed by atoms with Gasteiger partial charge < -0.3 is 37.9 Å². The standard InChI is InChI=1S/C32H20F12O2.C31H20F10O2.C29H22F10O4/c1-2-3-4-16-5-6-20(21(33)9-16)17-10-22(34)28(23(35)11-17)18-12-24(36)29(25(37)13-18)32(43,44)46-19-14-26(38)30(27(39)15-19)45-8-7-31(40,41)42;1-2-3-17-4-6-18(7-5-17)19-8-9-22(23(32)12-19)20-13-24(33)28(25(34)14-20)31(40,41)43-21-15-26(35)29(27(36)16-21)42-11-10-30(37,38)39;1-2-3-15-13-41-27(42-14-15)16-4-5-19(20(30)8-16)17-9-21(31)25(22(32)10-17)29(38,39)43-18-11-23(33)26(24(34)12-18)40-7-6-28(35,36)37/h5-15H,2-4H2,1H3;4-16H,2-3H2,1H3;4-12,15,27H,2-3,13-14H2,1H3/b8-7+;11-10+;7-6+. The van der Waals surface area contributed by atoms with Gasteiger partial charge >= 0.3 is 36.9 Å². The van der Waals surface area contributed by atoms with Crippen molar-refractivity contribution < 1.29 is 178 Å². The van der Waals surface area contributed by atoms with Gasteiger partial charge in [0.05, 0.1) is 55.8 Å². The molecule has 8 nitrogen and oxygen atoms in total. The first-order valence-corrected chi connectivity index (χ1v) is 38.5. The van der Waals surface area contributed by atoms with Crippen LogP contribution in [0.5, 0.6) is 34.5 Å². The molecule has 0 N–H and O–H groups in total. The molecule has 0 aromatic heterocycles. The Morgan fingerprint density at radius 3 is 0.932 bits per heavy atom. The minimum atomic E-state index is -4.98. The van der Waals surface area contributed by atoms with Gasteiger partial charge in [-0.1, -0.05) is 101 Å². The molecule has 0 unspecified atom stereocenters. The molecular formula is C92H62F32O8. The summed E-state index contributed by atoms with van der Waals surface area (Å²) in [6, 6.07) is 22.8. The van der Waals surface area contributed by atoms with Gasteiger partial charge in [-0.2, -0.15) is 65.9 Å². The Labute approximate surface area is 727 Å². The van der Waals surface area contributed by atoms with Crippen LogP contribution in [0.3, 0.4) is 0 Å². The van der Waals surface area contributed by atoms with E-state index in [1.807, 2.05) is 32.9 Å². The van der Waals surface area contributed by atoms with Crippen LogP contribution in [0.4, 0.5) is 140 Å². The van der Waals surface area contributed by atoms with Crippen LogP contribution in [0.2, 0.25) is 0 Å². The van der Waals surface area contributed by atoms with E-state index in [-0.39, 0.29) is 95.5 Å². The van der Waals surface area contributed by atoms with E-state index >= 15 is 8.78 Å². The molecule has 702 valence electrons. The monoisotopic (exact) mass is 1900 g/mol. The molecule has 11 aromatic rings. The van der Waals surface area contributed by atoms with Gasteiger partial charge in [-0.15, -0.1) is 0 Å². The second-order valence-electron chi connectivity index (χ2n) is 28.6. The lowest BCUT2D eigenvalue weighted by molar-refractivity contribution is -0.206. The number of benzene rings is 11. The molecule has 0 bridgehead atoms. The van der Waals surface area contributed by atoms with Gasteiger partial charge in [0.2, 0.25) is 0 Å².